The Bertz CT molecular complexity index is 918. The number of amides is 1. The van der Waals surface area contributed by atoms with Crippen molar-refractivity contribution >= 4 is 17.4 Å². The van der Waals surface area contributed by atoms with Crippen molar-refractivity contribution in [3.8, 4) is 0 Å². The summed E-state index contributed by atoms with van der Waals surface area (Å²) in [4.78, 5) is 28.1. The summed E-state index contributed by atoms with van der Waals surface area (Å²) in [6, 6.07) is 12.0. The quantitative estimate of drug-likeness (QED) is 0.469. The molecule has 6 heteroatoms. The zero-order valence-corrected chi connectivity index (χ0v) is 16.2. The van der Waals surface area contributed by atoms with Gasteiger partial charge in [-0.05, 0) is 24.6 Å². The zero-order chi connectivity index (χ0) is 20.4. The van der Waals surface area contributed by atoms with E-state index in [2.05, 4.69) is 0 Å². The molecular weight excluding hydrogens is 359 g/mol. The lowest BCUT2D eigenvalue weighted by atomic mass is 9.95. The van der Waals surface area contributed by atoms with E-state index in [4.69, 9.17) is 0 Å². The summed E-state index contributed by atoms with van der Waals surface area (Å²) >= 11 is 0. The molecule has 1 fully saturated rings. The lowest BCUT2D eigenvalue weighted by Crippen LogP contribution is -3.06. The smallest absolute Gasteiger partial charge is 0.295 e. The summed E-state index contributed by atoms with van der Waals surface area (Å²) < 4.78 is 13.4. The van der Waals surface area contributed by atoms with Crippen LogP contribution in [0.25, 0.3) is 5.76 Å². The van der Waals surface area contributed by atoms with Crippen LogP contribution in [0.3, 0.4) is 0 Å². The van der Waals surface area contributed by atoms with E-state index in [1.165, 1.54) is 17.0 Å². The van der Waals surface area contributed by atoms with Crippen LogP contribution in [0.4, 0.5) is 4.39 Å². The van der Waals surface area contributed by atoms with Gasteiger partial charge in [0.25, 0.3) is 11.7 Å². The molecule has 146 valence electrons. The average Bonchev–Trinajstić information content (AvgIpc) is 2.91. The van der Waals surface area contributed by atoms with Gasteiger partial charge < -0.3 is 14.9 Å². The second-order valence-corrected chi connectivity index (χ2v) is 7.37. The number of hydrogen-bond acceptors (Lipinski definition) is 3. The Balaban J connectivity index is 2.13. The highest BCUT2D eigenvalue weighted by atomic mass is 19.1. The minimum absolute atomic E-state index is 0.0363. The van der Waals surface area contributed by atoms with Crippen LogP contribution in [0.1, 0.15) is 22.7 Å². The highest BCUT2D eigenvalue weighted by Crippen LogP contribution is 2.39. The molecule has 0 spiro atoms. The van der Waals surface area contributed by atoms with Crippen molar-refractivity contribution in [2.24, 2.45) is 0 Å². The van der Waals surface area contributed by atoms with Crippen molar-refractivity contribution in [1.29, 1.82) is 0 Å². The molecule has 1 aliphatic heterocycles. The lowest BCUT2D eigenvalue weighted by molar-refractivity contribution is -0.857. The Hall–Kier alpha value is -2.99. The third-order valence-corrected chi connectivity index (χ3v) is 4.90. The van der Waals surface area contributed by atoms with Crippen LogP contribution in [0.5, 0.6) is 0 Å². The first-order valence-electron chi connectivity index (χ1n) is 9.19. The summed E-state index contributed by atoms with van der Waals surface area (Å²) in [6.07, 6.45) is 0. The molecule has 0 saturated carbocycles. The van der Waals surface area contributed by atoms with Gasteiger partial charge in [-0.1, -0.05) is 42.0 Å². The molecule has 1 aliphatic rings. The van der Waals surface area contributed by atoms with E-state index in [1.54, 1.807) is 24.3 Å². The Morgan fingerprint density at radius 3 is 2.25 bits per heavy atom. The molecule has 1 heterocycles. The van der Waals surface area contributed by atoms with Crippen LogP contribution in [0, 0.1) is 12.7 Å². The molecule has 28 heavy (non-hydrogen) atoms. The number of nitrogens with one attached hydrogen (secondary N) is 1. The third-order valence-electron chi connectivity index (χ3n) is 4.90. The zero-order valence-electron chi connectivity index (χ0n) is 16.2. The van der Waals surface area contributed by atoms with Crippen molar-refractivity contribution in [3.63, 3.8) is 0 Å². The minimum Gasteiger partial charge on any atom is -0.507 e. The Kier molecular flexibility index (Phi) is 5.61. The number of aliphatic hydroxyl groups is 1. The van der Waals surface area contributed by atoms with Gasteiger partial charge in [-0.15, -0.1) is 0 Å². The second-order valence-electron chi connectivity index (χ2n) is 7.37. The normalized spacial score (nSPS) is 18.9. The first-order chi connectivity index (χ1) is 13.3. The fourth-order valence-electron chi connectivity index (χ4n) is 3.31. The lowest BCUT2D eigenvalue weighted by Gasteiger charge is -2.25. The third kappa shape index (κ3) is 3.82. The fourth-order valence-corrected chi connectivity index (χ4v) is 3.31. The van der Waals surface area contributed by atoms with Gasteiger partial charge in [0.15, 0.2) is 0 Å². The number of Topliss-reactive ketones (excluding diaryl/α,β-unsaturated/α-hetero) is 1. The van der Waals surface area contributed by atoms with Crippen molar-refractivity contribution in [2.45, 2.75) is 13.0 Å². The first kappa shape index (κ1) is 19.8. The summed E-state index contributed by atoms with van der Waals surface area (Å²) in [7, 11) is 3.91. The number of carbonyl (C=O) groups excluding carboxylic acids is 2. The van der Waals surface area contributed by atoms with Gasteiger partial charge in [0.05, 0.1) is 38.8 Å². The maximum atomic E-state index is 13.4. The molecule has 0 aromatic heterocycles. The van der Waals surface area contributed by atoms with Gasteiger partial charge in [0, 0.05) is 5.56 Å². The summed E-state index contributed by atoms with van der Waals surface area (Å²) in [5.41, 5.74) is 2.10. The van der Waals surface area contributed by atoms with Crippen LogP contribution in [-0.4, -0.2) is 48.9 Å². The first-order valence-corrected chi connectivity index (χ1v) is 9.19. The van der Waals surface area contributed by atoms with Gasteiger partial charge >= 0.3 is 0 Å². The van der Waals surface area contributed by atoms with E-state index in [-0.39, 0.29) is 11.3 Å². The van der Waals surface area contributed by atoms with Crippen LogP contribution in [-0.2, 0) is 9.59 Å². The van der Waals surface area contributed by atoms with E-state index in [9.17, 15) is 19.1 Å². The predicted octanol–water partition coefficient (Wildman–Crippen LogP) is 1.70. The number of ketones is 1. The number of benzene rings is 2. The number of nitrogens with zero attached hydrogens (tertiary/aromatic N) is 1. The van der Waals surface area contributed by atoms with Crippen molar-refractivity contribution in [3.05, 3.63) is 76.6 Å². The van der Waals surface area contributed by atoms with Crippen molar-refractivity contribution in [1.82, 2.24) is 4.90 Å². The molecule has 2 aromatic rings. The van der Waals surface area contributed by atoms with E-state index < -0.39 is 23.5 Å². The van der Waals surface area contributed by atoms with Crippen molar-refractivity contribution < 1.29 is 24.0 Å². The maximum Gasteiger partial charge on any atom is 0.295 e. The highest BCUT2D eigenvalue weighted by molar-refractivity contribution is 6.46. The number of carbonyl (C=O) groups is 2. The molecular formula is C22H24FN2O3+. The van der Waals surface area contributed by atoms with E-state index in [0.29, 0.717) is 24.2 Å². The topological polar surface area (TPSA) is 62.0 Å². The average molecular weight is 383 g/mol. The molecule has 1 unspecified atom stereocenters. The van der Waals surface area contributed by atoms with Crippen LogP contribution < -0.4 is 4.90 Å². The molecule has 1 amide bonds. The number of rotatable bonds is 5. The van der Waals surface area contributed by atoms with Gasteiger partial charge in [-0.25, -0.2) is 4.39 Å². The van der Waals surface area contributed by atoms with E-state index in [1.807, 2.05) is 33.2 Å². The van der Waals surface area contributed by atoms with Gasteiger partial charge in [0.2, 0.25) is 0 Å². The molecule has 3 rings (SSSR count). The molecule has 0 radical (unpaired) electrons. The Labute approximate surface area is 163 Å². The number of aliphatic hydroxyl groups excluding tert-OH is 1. The number of halogens is 1. The molecule has 5 nitrogen and oxygen atoms in total. The molecule has 0 bridgehead atoms. The molecule has 1 saturated heterocycles. The molecule has 2 aromatic carbocycles. The molecule has 2 N–H and O–H groups in total. The largest absolute Gasteiger partial charge is 0.507 e. The van der Waals surface area contributed by atoms with E-state index in [0.717, 1.165) is 10.5 Å². The summed E-state index contributed by atoms with van der Waals surface area (Å²) in [5.74, 6) is -1.99. The molecule has 0 aliphatic carbocycles. The predicted molar refractivity (Wildman–Crippen MR) is 104 cm³/mol. The summed E-state index contributed by atoms with van der Waals surface area (Å²) in [6.45, 7) is 2.90. The Morgan fingerprint density at radius 2 is 1.68 bits per heavy atom. The second kappa shape index (κ2) is 7.94. The van der Waals surface area contributed by atoms with E-state index >= 15 is 0 Å². The number of aryl methyl sites for hydroxylation is 1. The van der Waals surface area contributed by atoms with Gasteiger partial charge in [0.1, 0.15) is 11.6 Å². The molecule has 1 atom stereocenters. The number of likely N-dealkylation sites (N-methyl/N-ethyl adjacent to an activating group) is 1. The van der Waals surface area contributed by atoms with Gasteiger partial charge in [-0.2, -0.15) is 0 Å². The summed E-state index contributed by atoms with van der Waals surface area (Å²) in [5, 5.41) is 10.9. The highest BCUT2D eigenvalue weighted by Gasteiger charge is 2.46. The maximum absolute atomic E-state index is 13.4. The van der Waals surface area contributed by atoms with Crippen LogP contribution in [0.15, 0.2) is 54.1 Å². The minimum atomic E-state index is -0.749. The number of likely N-dealkylation sites (tertiary alicyclic amines) is 1. The van der Waals surface area contributed by atoms with Crippen LogP contribution in [0.2, 0.25) is 0 Å². The standard InChI is InChI=1S/C22H23FN2O3/c1-14-4-6-16(7-5-14)20(26)18-19(15-8-10-17(23)11-9-15)25(13-12-24(2)3)22(28)21(18)27/h4-11,19,26H,12-13H2,1-3H3/p+1. The Morgan fingerprint density at radius 1 is 1.07 bits per heavy atom. The monoisotopic (exact) mass is 383 g/mol. The van der Waals surface area contributed by atoms with Crippen molar-refractivity contribution in [2.75, 3.05) is 27.2 Å². The number of quaternary nitrogens is 1. The fraction of sp³-hybridized carbons (Fsp3) is 0.273. The SMILES string of the molecule is Cc1ccc(C(O)=C2C(=O)C(=O)N(CC[NH+](C)C)C2c2ccc(F)cc2)cc1. The van der Waals surface area contributed by atoms with Gasteiger partial charge in [-0.3, -0.25) is 9.59 Å². The number of hydrogen-bond donors (Lipinski definition) is 2. The van der Waals surface area contributed by atoms with Crippen LogP contribution >= 0.6 is 0 Å².